The number of anilines is 1. The molecular weight excluding hydrogens is 252 g/mol. The van der Waals surface area contributed by atoms with E-state index in [0.717, 1.165) is 30.9 Å². The number of benzene rings is 1. The van der Waals surface area contributed by atoms with Crippen LogP contribution in [-0.2, 0) is 11.2 Å². The lowest BCUT2D eigenvalue weighted by Crippen LogP contribution is -2.38. The first-order valence-corrected chi connectivity index (χ1v) is 7.54. The molecule has 0 bridgehead atoms. The summed E-state index contributed by atoms with van der Waals surface area (Å²) in [4.78, 5) is 13.7. The molecule has 0 aliphatic carbocycles. The van der Waals surface area contributed by atoms with Gasteiger partial charge in [0.25, 0.3) is 5.91 Å². The fraction of sp³-hybridized carbons (Fsp3) is 0.562. The van der Waals surface area contributed by atoms with E-state index in [4.69, 9.17) is 4.74 Å². The van der Waals surface area contributed by atoms with Gasteiger partial charge in [-0.05, 0) is 62.9 Å². The van der Waals surface area contributed by atoms with Crippen molar-refractivity contribution in [3.63, 3.8) is 0 Å². The number of nitrogens with one attached hydrogen (secondary N) is 1. The zero-order valence-electron chi connectivity index (χ0n) is 12.0. The molecule has 4 heteroatoms. The number of likely N-dealkylation sites (N-methyl/N-ethyl adjacent to an activating group) is 1. The molecule has 2 aliphatic rings. The van der Waals surface area contributed by atoms with Crippen LogP contribution in [-0.4, -0.2) is 32.1 Å². The summed E-state index contributed by atoms with van der Waals surface area (Å²) in [6.45, 7) is 5.11. The molecular formula is C16H22N2O2. The zero-order chi connectivity index (χ0) is 13.9. The first-order chi connectivity index (χ1) is 9.78. The van der Waals surface area contributed by atoms with Crippen molar-refractivity contribution in [2.24, 2.45) is 5.92 Å². The highest BCUT2D eigenvalue weighted by Gasteiger charge is 2.24. The monoisotopic (exact) mass is 274 g/mol. The maximum Gasteiger partial charge on any atom is 0.265 e. The number of hydrogen-bond donors (Lipinski definition) is 1. The fourth-order valence-electron chi connectivity index (χ4n) is 3.15. The molecule has 1 amide bonds. The Balaban J connectivity index is 1.80. The lowest BCUT2D eigenvalue weighted by Gasteiger charge is -2.29. The van der Waals surface area contributed by atoms with Gasteiger partial charge in [0.2, 0.25) is 0 Å². The van der Waals surface area contributed by atoms with Gasteiger partial charge < -0.3 is 15.0 Å². The van der Waals surface area contributed by atoms with Gasteiger partial charge in [0, 0.05) is 6.54 Å². The summed E-state index contributed by atoms with van der Waals surface area (Å²) in [6, 6.07) is 6.28. The van der Waals surface area contributed by atoms with Crippen LogP contribution in [0.5, 0.6) is 5.75 Å². The van der Waals surface area contributed by atoms with Crippen molar-refractivity contribution in [1.29, 1.82) is 0 Å². The number of nitrogens with zero attached hydrogens (tertiary/aromatic N) is 1. The van der Waals surface area contributed by atoms with Gasteiger partial charge in [-0.2, -0.15) is 0 Å². The van der Waals surface area contributed by atoms with Crippen LogP contribution < -0.4 is 15.0 Å². The second kappa shape index (κ2) is 5.83. The quantitative estimate of drug-likeness (QED) is 0.916. The molecule has 4 nitrogen and oxygen atoms in total. The van der Waals surface area contributed by atoms with Crippen molar-refractivity contribution >= 4 is 11.6 Å². The first kappa shape index (κ1) is 13.4. The van der Waals surface area contributed by atoms with Crippen LogP contribution in [0.3, 0.4) is 0 Å². The van der Waals surface area contributed by atoms with Gasteiger partial charge in [0.15, 0.2) is 6.61 Å². The van der Waals surface area contributed by atoms with Gasteiger partial charge in [0.1, 0.15) is 5.75 Å². The highest BCUT2D eigenvalue weighted by atomic mass is 16.5. The van der Waals surface area contributed by atoms with E-state index in [0.29, 0.717) is 12.5 Å². The highest BCUT2D eigenvalue weighted by Crippen LogP contribution is 2.33. The minimum absolute atomic E-state index is 0.0523. The van der Waals surface area contributed by atoms with Gasteiger partial charge in [-0.15, -0.1) is 0 Å². The molecule has 20 heavy (non-hydrogen) atoms. The van der Waals surface area contributed by atoms with Gasteiger partial charge in [-0.3, -0.25) is 4.79 Å². The summed E-state index contributed by atoms with van der Waals surface area (Å²) in [5.74, 6) is 1.59. The van der Waals surface area contributed by atoms with Crippen LogP contribution in [0.1, 0.15) is 25.3 Å². The number of fused-ring (bicyclic) bond motifs is 1. The maximum absolute atomic E-state index is 11.9. The third kappa shape index (κ3) is 2.66. The molecule has 1 fully saturated rings. The summed E-state index contributed by atoms with van der Waals surface area (Å²) in [5.41, 5.74) is 2.24. The number of hydrogen-bond acceptors (Lipinski definition) is 3. The van der Waals surface area contributed by atoms with E-state index in [1.807, 2.05) is 17.9 Å². The second-order valence-corrected chi connectivity index (χ2v) is 5.65. The average molecular weight is 274 g/mol. The Labute approximate surface area is 120 Å². The third-order valence-electron chi connectivity index (χ3n) is 4.21. The summed E-state index contributed by atoms with van der Waals surface area (Å²) < 4.78 is 5.51. The fourth-order valence-corrected chi connectivity index (χ4v) is 3.15. The summed E-state index contributed by atoms with van der Waals surface area (Å²) in [6.07, 6.45) is 3.63. The van der Waals surface area contributed by atoms with Gasteiger partial charge in [-0.25, -0.2) is 0 Å². The van der Waals surface area contributed by atoms with E-state index in [-0.39, 0.29) is 12.5 Å². The predicted octanol–water partition coefficient (Wildman–Crippen LogP) is 1.97. The Bertz CT molecular complexity index is 495. The van der Waals surface area contributed by atoms with Crippen LogP contribution in [0.15, 0.2) is 18.2 Å². The van der Waals surface area contributed by atoms with Crippen molar-refractivity contribution in [2.45, 2.75) is 26.2 Å². The normalized spacial score (nSPS) is 22.4. The number of amides is 1. The minimum atomic E-state index is 0.0523. The summed E-state index contributed by atoms with van der Waals surface area (Å²) >= 11 is 0. The number of ether oxygens (including phenoxy) is 1. The van der Waals surface area contributed by atoms with Gasteiger partial charge in [0.05, 0.1) is 5.69 Å². The Morgan fingerprint density at radius 1 is 1.45 bits per heavy atom. The third-order valence-corrected chi connectivity index (χ3v) is 4.21. The van der Waals surface area contributed by atoms with Crippen molar-refractivity contribution in [3.8, 4) is 5.75 Å². The van der Waals surface area contributed by atoms with E-state index >= 15 is 0 Å². The number of carbonyl (C=O) groups excluding carboxylic acids is 1. The molecule has 108 valence electrons. The summed E-state index contributed by atoms with van der Waals surface area (Å²) in [5, 5.41) is 3.46. The number of carbonyl (C=O) groups is 1. The van der Waals surface area contributed by atoms with E-state index in [2.05, 4.69) is 17.4 Å². The van der Waals surface area contributed by atoms with Crippen molar-refractivity contribution < 1.29 is 9.53 Å². The predicted molar refractivity (Wildman–Crippen MR) is 79.3 cm³/mol. The second-order valence-electron chi connectivity index (χ2n) is 5.65. The SMILES string of the molecule is CCN1C(=O)COc2ccc(CC3CCCNC3)cc21. The number of piperidine rings is 1. The van der Waals surface area contributed by atoms with Crippen LogP contribution in [0.4, 0.5) is 5.69 Å². The van der Waals surface area contributed by atoms with Crippen molar-refractivity contribution in [2.75, 3.05) is 31.1 Å². The van der Waals surface area contributed by atoms with Crippen molar-refractivity contribution in [1.82, 2.24) is 5.32 Å². The minimum Gasteiger partial charge on any atom is -0.482 e. The van der Waals surface area contributed by atoms with E-state index in [1.54, 1.807) is 0 Å². The smallest absolute Gasteiger partial charge is 0.265 e. The standard InChI is InChI=1S/C16H22N2O2/c1-2-18-14-9-12(8-13-4-3-7-17-10-13)5-6-15(14)20-11-16(18)19/h5-6,9,13,17H,2-4,7-8,10-11H2,1H3. The van der Waals surface area contributed by atoms with Gasteiger partial charge >= 0.3 is 0 Å². The lowest BCUT2D eigenvalue weighted by molar-refractivity contribution is -0.121. The molecule has 3 rings (SSSR count). The average Bonchev–Trinajstić information content (AvgIpc) is 2.48. The molecule has 0 spiro atoms. The van der Waals surface area contributed by atoms with Gasteiger partial charge in [-0.1, -0.05) is 6.07 Å². The van der Waals surface area contributed by atoms with Crippen LogP contribution in [0.25, 0.3) is 0 Å². The molecule has 1 saturated heterocycles. The summed E-state index contributed by atoms with van der Waals surface area (Å²) in [7, 11) is 0. The molecule has 1 N–H and O–H groups in total. The molecule has 0 aromatic heterocycles. The van der Waals surface area contributed by atoms with Crippen LogP contribution in [0, 0.1) is 5.92 Å². The van der Waals surface area contributed by atoms with E-state index in [1.165, 1.54) is 18.4 Å². The number of rotatable bonds is 3. The lowest BCUT2D eigenvalue weighted by atomic mass is 9.92. The molecule has 1 unspecified atom stereocenters. The van der Waals surface area contributed by atoms with Crippen LogP contribution in [0.2, 0.25) is 0 Å². The Morgan fingerprint density at radius 3 is 3.10 bits per heavy atom. The van der Waals surface area contributed by atoms with E-state index in [9.17, 15) is 4.79 Å². The molecule has 1 aromatic carbocycles. The Kier molecular flexibility index (Phi) is 3.92. The van der Waals surface area contributed by atoms with E-state index < -0.39 is 0 Å². The highest BCUT2D eigenvalue weighted by molar-refractivity contribution is 5.97. The molecule has 2 aliphatic heterocycles. The van der Waals surface area contributed by atoms with Crippen molar-refractivity contribution in [3.05, 3.63) is 23.8 Å². The zero-order valence-corrected chi connectivity index (χ0v) is 12.0. The maximum atomic E-state index is 11.9. The molecule has 1 atom stereocenters. The Morgan fingerprint density at radius 2 is 2.35 bits per heavy atom. The Hall–Kier alpha value is -1.55. The van der Waals surface area contributed by atoms with Crippen LogP contribution >= 0.6 is 0 Å². The largest absolute Gasteiger partial charge is 0.482 e. The molecule has 0 radical (unpaired) electrons. The first-order valence-electron chi connectivity index (χ1n) is 7.54. The topological polar surface area (TPSA) is 41.6 Å². The molecule has 1 aromatic rings. The molecule has 2 heterocycles. The molecule has 0 saturated carbocycles.